The molecule has 1 heterocycles. The molecule has 1 aromatic heterocycles. The SMILES string of the molecule is C/C=C/C(=O)Cc1cc(F)ccc1Nc1nc(NC2CCCC(C(N)=O)C2)ncc1Cl. The molecular formula is C22H25ClFN5O2. The molecule has 1 fully saturated rings. The molecule has 1 aliphatic carbocycles. The van der Waals surface area contributed by atoms with Gasteiger partial charge < -0.3 is 16.4 Å². The van der Waals surface area contributed by atoms with Crippen molar-refractivity contribution in [1.29, 1.82) is 0 Å². The number of primary amides is 1. The van der Waals surface area contributed by atoms with E-state index in [1.165, 1.54) is 30.5 Å². The predicted molar refractivity (Wildman–Crippen MR) is 119 cm³/mol. The van der Waals surface area contributed by atoms with Crippen LogP contribution in [0.4, 0.5) is 21.8 Å². The lowest BCUT2D eigenvalue weighted by molar-refractivity contribution is -0.122. The Hall–Kier alpha value is -3.00. The molecule has 4 N–H and O–H groups in total. The number of rotatable bonds is 8. The van der Waals surface area contributed by atoms with Gasteiger partial charge in [0.05, 0.1) is 6.20 Å². The number of nitrogens with zero attached hydrogens (tertiary/aromatic N) is 2. The number of nitrogens with one attached hydrogen (secondary N) is 2. The first-order valence-corrected chi connectivity index (χ1v) is 10.5. The molecule has 0 radical (unpaired) electrons. The first-order valence-electron chi connectivity index (χ1n) is 10.1. The van der Waals surface area contributed by atoms with E-state index in [9.17, 15) is 14.0 Å². The summed E-state index contributed by atoms with van der Waals surface area (Å²) in [5.74, 6) is -0.349. The van der Waals surface area contributed by atoms with Gasteiger partial charge in [-0.1, -0.05) is 24.1 Å². The Balaban J connectivity index is 1.78. The van der Waals surface area contributed by atoms with Gasteiger partial charge in [0.1, 0.15) is 10.8 Å². The van der Waals surface area contributed by atoms with Crippen molar-refractivity contribution in [3.05, 3.63) is 53.0 Å². The van der Waals surface area contributed by atoms with E-state index in [0.717, 1.165) is 19.3 Å². The van der Waals surface area contributed by atoms with Gasteiger partial charge in [-0.2, -0.15) is 4.98 Å². The molecule has 0 saturated heterocycles. The van der Waals surface area contributed by atoms with E-state index in [1.807, 2.05) is 0 Å². The number of amides is 1. The maximum atomic E-state index is 13.8. The Morgan fingerprint density at radius 2 is 2.16 bits per heavy atom. The van der Waals surface area contributed by atoms with E-state index in [2.05, 4.69) is 20.6 Å². The van der Waals surface area contributed by atoms with Gasteiger partial charge in [-0.05, 0) is 56.0 Å². The molecule has 7 nitrogen and oxygen atoms in total. The maximum absolute atomic E-state index is 13.8. The number of hydrogen-bond acceptors (Lipinski definition) is 6. The van der Waals surface area contributed by atoms with Gasteiger partial charge in [0.2, 0.25) is 11.9 Å². The Morgan fingerprint density at radius 3 is 2.90 bits per heavy atom. The number of carbonyl (C=O) groups excluding carboxylic acids is 2. The van der Waals surface area contributed by atoms with Crippen LogP contribution in [0.1, 0.15) is 38.2 Å². The molecule has 0 aliphatic heterocycles. The Kier molecular flexibility index (Phi) is 7.57. The standard InChI is InChI=1S/C22H25ClFN5O2/c1-2-4-17(30)11-14-9-15(24)7-8-19(14)28-21-18(23)12-26-22(29-21)27-16-6-3-5-13(10-16)20(25)31/h2,4,7-9,12-13,16H,3,5-6,10-11H2,1H3,(H2,25,31)(H2,26,27,28,29)/b4-2+. The van der Waals surface area contributed by atoms with Crippen molar-refractivity contribution in [1.82, 2.24) is 9.97 Å². The van der Waals surface area contributed by atoms with Crippen LogP contribution >= 0.6 is 11.6 Å². The lowest BCUT2D eigenvalue weighted by atomic mass is 9.85. The summed E-state index contributed by atoms with van der Waals surface area (Å²) in [4.78, 5) is 32.2. The number of halogens is 2. The van der Waals surface area contributed by atoms with E-state index >= 15 is 0 Å². The molecule has 9 heteroatoms. The monoisotopic (exact) mass is 445 g/mol. The minimum atomic E-state index is -0.439. The Morgan fingerprint density at radius 1 is 1.35 bits per heavy atom. The summed E-state index contributed by atoms with van der Waals surface area (Å²) in [7, 11) is 0. The Labute approximate surface area is 185 Å². The van der Waals surface area contributed by atoms with Crippen LogP contribution in [0.25, 0.3) is 0 Å². The topological polar surface area (TPSA) is 110 Å². The number of hydrogen-bond donors (Lipinski definition) is 3. The number of ketones is 1. The third-order valence-corrected chi connectivity index (χ3v) is 5.47. The van der Waals surface area contributed by atoms with Crippen LogP contribution in [-0.2, 0) is 16.0 Å². The van der Waals surface area contributed by atoms with Crippen LogP contribution in [0, 0.1) is 11.7 Å². The third-order valence-electron chi connectivity index (χ3n) is 5.19. The highest BCUT2D eigenvalue weighted by Gasteiger charge is 2.26. The van der Waals surface area contributed by atoms with Crippen molar-refractivity contribution in [2.24, 2.45) is 11.7 Å². The molecule has 0 spiro atoms. The lowest BCUT2D eigenvalue weighted by Gasteiger charge is -2.28. The highest BCUT2D eigenvalue weighted by Crippen LogP contribution is 2.29. The number of anilines is 3. The van der Waals surface area contributed by atoms with Gasteiger partial charge in [-0.15, -0.1) is 0 Å². The maximum Gasteiger partial charge on any atom is 0.224 e. The van der Waals surface area contributed by atoms with Crippen LogP contribution in [0.3, 0.4) is 0 Å². The number of aromatic nitrogens is 2. The van der Waals surface area contributed by atoms with Gasteiger partial charge in [0.25, 0.3) is 0 Å². The second kappa shape index (κ2) is 10.3. The number of carbonyl (C=O) groups is 2. The largest absolute Gasteiger partial charge is 0.369 e. The van der Waals surface area contributed by atoms with Gasteiger partial charge in [-0.25, -0.2) is 9.37 Å². The normalized spacial score (nSPS) is 18.7. The quantitative estimate of drug-likeness (QED) is 0.526. The second-order valence-electron chi connectivity index (χ2n) is 7.57. The summed E-state index contributed by atoms with van der Waals surface area (Å²) in [5, 5.41) is 6.60. The molecule has 31 heavy (non-hydrogen) atoms. The highest BCUT2D eigenvalue weighted by molar-refractivity contribution is 6.32. The fraction of sp³-hybridized carbons (Fsp3) is 0.364. The van der Waals surface area contributed by atoms with E-state index in [-0.39, 0.29) is 35.1 Å². The molecule has 3 rings (SSSR count). The van der Waals surface area contributed by atoms with Crippen LogP contribution in [0.2, 0.25) is 5.02 Å². The molecule has 1 saturated carbocycles. The average Bonchev–Trinajstić information content (AvgIpc) is 2.72. The van der Waals surface area contributed by atoms with E-state index in [1.54, 1.807) is 13.0 Å². The van der Waals surface area contributed by atoms with Crippen molar-refractivity contribution >= 4 is 40.7 Å². The van der Waals surface area contributed by atoms with E-state index < -0.39 is 5.82 Å². The summed E-state index contributed by atoms with van der Waals surface area (Å²) in [6.07, 6.45) is 7.77. The molecule has 1 amide bonds. The van der Waals surface area contributed by atoms with Gasteiger partial charge in [-0.3, -0.25) is 9.59 Å². The van der Waals surface area contributed by atoms with Crippen molar-refractivity contribution < 1.29 is 14.0 Å². The highest BCUT2D eigenvalue weighted by atomic mass is 35.5. The van der Waals surface area contributed by atoms with Crippen molar-refractivity contribution in [3.63, 3.8) is 0 Å². The minimum absolute atomic E-state index is 0.0279. The molecule has 1 aliphatic rings. The summed E-state index contributed by atoms with van der Waals surface area (Å²) >= 11 is 6.26. The van der Waals surface area contributed by atoms with Gasteiger partial charge in [0, 0.05) is 24.1 Å². The van der Waals surface area contributed by atoms with Gasteiger partial charge in [0.15, 0.2) is 11.6 Å². The number of nitrogens with two attached hydrogens (primary N) is 1. The molecule has 0 bridgehead atoms. The van der Waals surface area contributed by atoms with E-state index in [0.29, 0.717) is 29.4 Å². The fourth-order valence-electron chi connectivity index (χ4n) is 3.68. The Bertz CT molecular complexity index is 998. The molecule has 2 unspecified atom stereocenters. The molecule has 164 valence electrons. The third kappa shape index (κ3) is 6.24. The minimum Gasteiger partial charge on any atom is -0.369 e. The van der Waals surface area contributed by atoms with Crippen LogP contribution < -0.4 is 16.4 Å². The zero-order valence-corrected chi connectivity index (χ0v) is 18.0. The zero-order valence-electron chi connectivity index (χ0n) is 17.2. The fourth-order valence-corrected chi connectivity index (χ4v) is 3.82. The molecule has 1 aromatic carbocycles. The van der Waals surface area contributed by atoms with Crippen LogP contribution in [0.5, 0.6) is 0 Å². The summed E-state index contributed by atoms with van der Waals surface area (Å²) < 4.78 is 13.8. The first kappa shape index (κ1) is 22.7. The van der Waals surface area contributed by atoms with E-state index in [4.69, 9.17) is 17.3 Å². The zero-order chi connectivity index (χ0) is 22.4. The molecule has 2 aromatic rings. The predicted octanol–water partition coefficient (Wildman–Crippen LogP) is 4.16. The van der Waals surface area contributed by atoms with Crippen LogP contribution in [-0.4, -0.2) is 27.7 Å². The summed E-state index contributed by atoms with van der Waals surface area (Å²) in [6.45, 7) is 1.75. The summed E-state index contributed by atoms with van der Waals surface area (Å²) in [5.41, 5.74) is 6.47. The van der Waals surface area contributed by atoms with Gasteiger partial charge >= 0.3 is 0 Å². The van der Waals surface area contributed by atoms with Crippen molar-refractivity contribution in [3.8, 4) is 0 Å². The average molecular weight is 446 g/mol. The van der Waals surface area contributed by atoms with Crippen molar-refractivity contribution in [2.45, 2.75) is 45.1 Å². The smallest absolute Gasteiger partial charge is 0.224 e. The first-order chi connectivity index (χ1) is 14.9. The molecule has 2 atom stereocenters. The number of allylic oxidation sites excluding steroid dienone is 2. The second-order valence-corrected chi connectivity index (χ2v) is 7.97. The lowest BCUT2D eigenvalue weighted by Crippen LogP contribution is -2.34. The number of benzene rings is 1. The summed E-state index contributed by atoms with van der Waals surface area (Å²) in [6, 6.07) is 4.17. The molecular weight excluding hydrogens is 421 g/mol. The van der Waals surface area contributed by atoms with Crippen LogP contribution in [0.15, 0.2) is 36.5 Å². The van der Waals surface area contributed by atoms with Crippen molar-refractivity contribution in [2.75, 3.05) is 10.6 Å².